The number of ether oxygens (including phenoxy) is 2. The molecule has 1 heterocycles. The SMILES string of the molecule is COc1cc(OC)nc(Sc2cc(C(=O)O)ccc2F)n1. The van der Waals surface area contributed by atoms with Gasteiger partial charge in [0.1, 0.15) is 5.82 Å². The Balaban J connectivity index is 2.37. The van der Waals surface area contributed by atoms with Crippen LogP contribution < -0.4 is 9.47 Å². The first-order valence-electron chi connectivity index (χ1n) is 5.71. The Labute approximate surface area is 123 Å². The zero-order valence-electron chi connectivity index (χ0n) is 11.2. The van der Waals surface area contributed by atoms with Crippen molar-refractivity contribution in [3.63, 3.8) is 0 Å². The van der Waals surface area contributed by atoms with Crippen LogP contribution in [0.15, 0.2) is 34.3 Å². The smallest absolute Gasteiger partial charge is 0.335 e. The topological polar surface area (TPSA) is 81.5 Å². The molecule has 0 unspecified atom stereocenters. The predicted molar refractivity (Wildman–Crippen MR) is 72.6 cm³/mol. The van der Waals surface area contributed by atoms with Crippen LogP contribution in [0.3, 0.4) is 0 Å². The summed E-state index contributed by atoms with van der Waals surface area (Å²) in [6.45, 7) is 0. The minimum atomic E-state index is -1.14. The van der Waals surface area contributed by atoms with Crippen molar-refractivity contribution >= 4 is 17.7 Å². The van der Waals surface area contributed by atoms with Gasteiger partial charge in [-0.15, -0.1) is 0 Å². The highest BCUT2D eigenvalue weighted by Gasteiger charge is 2.13. The first-order valence-corrected chi connectivity index (χ1v) is 6.53. The van der Waals surface area contributed by atoms with E-state index in [1.54, 1.807) is 0 Å². The van der Waals surface area contributed by atoms with Crippen LogP contribution in [0, 0.1) is 5.82 Å². The molecule has 2 rings (SSSR count). The predicted octanol–water partition coefficient (Wildman–Crippen LogP) is 2.48. The van der Waals surface area contributed by atoms with Crippen LogP contribution in [0.4, 0.5) is 4.39 Å². The van der Waals surface area contributed by atoms with Crippen molar-refractivity contribution in [3.05, 3.63) is 35.6 Å². The molecule has 8 heteroatoms. The van der Waals surface area contributed by atoms with E-state index in [0.717, 1.165) is 17.8 Å². The maximum atomic E-state index is 13.8. The highest BCUT2D eigenvalue weighted by Crippen LogP contribution is 2.30. The van der Waals surface area contributed by atoms with Gasteiger partial charge in [0, 0.05) is 0 Å². The van der Waals surface area contributed by atoms with Gasteiger partial charge in [0.2, 0.25) is 11.8 Å². The first kappa shape index (κ1) is 15.0. The summed E-state index contributed by atoms with van der Waals surface area (Å²) in [4.78, 5) is 19.1. The third-order valence-electron chi connectivity index (χ3n) is 2.46. The van der Waals surface area contributed by atoms with Gasteiger partial charge in [0.25, 0.3) is 0 Å². The highest BCUT2D eigenvalue weighted by atomic mass is 32.2. The normalized spacial score (nSPS) is 10.2. The number of carboxylic acid groups (broad SMARTS) is 1. The van der Waals surface area contributed by atoms with Gasteiger partial charge < -0.3 is 14.6 Å². The second-order valence-corrected chi connectivity index (χ2v) is 4.80. The van der Waals surface area contributed by atoms with Crippen molar-refractivity contribution in [1.29, 1.82) is 0 Å². The number of nitrogens with zero attached hydrogens (tertiary/aromatic N) is 2. The maximum absolute atomic E-state index is 13.8. The Bertz CT molecular complexity index is 659. The van der Waals surface area contributed by atoms with E-state index < -0.39 is 11.8 Å². The van der Waals surface area contributed by atoms with E-state index in [-0.39, 0.29) is 27.4 Å². The molecule has 0 radical (unpaired) electrons. The van der Waals surface area contributed by atoms with Crippen molar-refractivity contribution in [2.45, 2.75) is 10.1 Å². The maximum Gasteiger partial charge on any atom is 0.335 e. The summed E-state index contributed by atoms with van der Waals surface area (Å²) in [6, 6.07) is 4.98. The van der Waals surface area contributed by atoms with Gasteiger partial charge in [0.05, 0.1) is 30.7 Å². The van der Waals surface area contributed by atoms with E-state index in [0.29, 0.717) is 0 Å². The fraction of sp³-hybridized carbons (Fsp3) is 0.154. The summed E-state index contributed by atoms with van der Waals surface area (Å²) in [5, 5.41) is 9.12. The molecule has 0 aliphatic carbocycles. The molecule has 0 fully saturated rings. The Kier molecular flexibility index (Phi) is 4.59. The van der Waals surface area contributed by atoms with E-state index in [9.17, 15) is 9.18 Å². The quantitative estimate of drug-likeness (QED) is 0.850. The molecular formula is C13H11FN2O4S. The molecule has 110 valence electrons. The number of aromatic carboxylic acids is 1. The molecule has 0 bridgehead atoms. The minimum absolute atomic E-state index is 0.0197. The lowest BCUT2D eigenvalue weighted by Crippen LogP contribution is -1.99. The van der Waals surface area contributed by atoms with E-state index in [4.69, 9.17) is 14.6 Å². The first-order chi connectivity index (χ1) is 10.0. The molecule has 0 atom stereocenters. The largest absolute Gasteiger partial charge is 0.481 e. The third-order valence-corrected chi connectivity index (χ3v) is 3.35. The number of aromatic nitrogens is 2. The number of halogens is 1. The molecule has 2 aromatic rings. The lowest BCUT2D eigenvalue weighted by atomic mass is 10.2. The van der Waals surface area contributed by atoms with Crippen molar-refractivity contribution in [3.8, 4) is 11.8 Å². The molecule has 0 saturated heterocycles. The Morgan fingerprint density at radius 2 is 1.81 bits per heavy atom. The van der Waals surface area contributed by atoms with Gasteiger partial charge in [-0.05, 0) is 30.0 Å². The second kappa shape index (κ2) is 6.40. The number of carboxylic acids is 1. The zero-order chi connectivity index (χ0) is 15.4. The average molecular weight is 310 g/mol. The molecule has 21 heavy (non-hydrogen) atoms. The van der Waals surface area contributed by atoms with Gasteiger partial charge in [-0.3, -0.25) is 0 Å². The molecule has 1 aromatic carbocycles. The highest BCUT2D eigenvalue weighted by molar-refractivity contribution is 7.99. The Hall–Kier alpha value is -2.35. The summed E-state index contributed by atoms with van der Waals surface area (Å²) < 4.78 is 23.7. The van der Waals surface area contributed by atoms with Gasteiger partial charge in [-0.25, -0.2) is 9.18 Å². The molecule has 1 aromatic heterocycles. The van der Waals surface area contributed by atoms with Crippen molar-refractivity contribution < 1.29 is 23.8 Å². The van der Waals surface area contributed by atoms with Crippen molar-refractivity contribution in [2.75, 3.05) is 14.2 Å². The Morgan fingerprint density at radius 1 is 1.19 bits per heavy atom. The second-order valence-electron chi connectivity index (χ2n) is 3.79. The van der Waals surface area contributed by atoms with E-state index in [1.807, 2.05) is 0 Å². The minimum Gasteiger partial charge on any atom is -0.481 e. The van der Waals surface area contributed by atoms with Crippen LogP contribution >= 0.6 is 11.8 Å². The molecule has 1 N–H and O–H groups in total. The number of carbonyl (C=O) groups is 1. The van der Waals surface area contributed by atoms with Crippen LogP contribution in [0.5, 0.6) is 11.8 Å². The van der Waals surface area contributed by atoms with Crippen LogP contribution in [-0.4, -0.2) is 35.3 Å². The molecule has 0 saturated carbocycles. The molecule has 0 amide bonds. The number of rotatable bonds is 5. The van der Waals surface area contributed by atoms with Gasteiger partial charge in [0.15, 0.2) is 5.16 Å². The zero-order valence-corrected chi connectivity index (χ0v) is 12.0. The standard InChI is InChI=1S/C13H11FN2O4S/c1-19-10-6-11(20-2)16-13(15-10)21-9-5-7(12(17)18)3-4-8(9)14/h3-6H,1-2H3,(H,17,18). The van der Waals surface area contributed by atoms with E-state index >= 15 is 0 Å². The Morgan fingerprint density at radius 3 is 2.33 bits per heavy atom. The third kappa shape index (κ3) is 3.60. The summed E-state index contributed by atoms with van der Waals surface area (Å²) >= 11 is 0.884. The average Bonchev–Trinajstić information content (AvgIpc) is 2.48. The summed E-state index contributed by atoms with van der Waals surface area (Å²) in [5.41, 5.74) is -0.0197. The van der Waals surface area contributed by atoms with E-state index in [1.165, 1.54) is 32.4 Å². The van der Waals surface area contributed by atoms with Gasteiger partial charge >= 0.3 is 5.97 Å². The molecule has 0 aliphatic rings. The number of methoxy groups -OCH3 is 2. The monoisotopic (exact) mass is 310 g/mol. The summed E-state index contributed by atoms with van der Waals surface area (Å²) in [5.74, 6) is -1.17. The molecule has 0 spiro atoms. The van der Waals surface area contributed by atoms with Crippen LogP contribution in [-0.2, 0) is 0 Å². The molecule has 0 aliphatic heterocycles. The number of hydrogen-bond acceptors (Lipinski definition) is 6. The van der Waals surface area contributed by atoms with Gasteiger partial charge in [-0.1, -0.05) is 0 Å². The van der Waals surface area contributed by atoms with Gasteiger partial charge in [-0.2, -0.15) is 9.97 Å². The number of benzene rings is 1. The van der Waals surface area contributed by atoms with Crippen LogP contribution in [0.2, 0.25) is 0 Å². The molecule has 6 nitrogen and oxygen atoms in total. The van der Waals surface area contributed by atoms with Crippen LogP contribution in [0.25, 0.3) is 0 Å². The van der Waals surface area contributed by atoms with E-state index in [2.05, 4.69) is 9.97 Å². The fourth-order valence-electron chi connectivity index (χ4n) is 1.45. The number of hydrogen-bond donors (Lipinski definition) is 1. The summed E-state index contributed by atoms with van der Waals surface area (Å²) in [7, 11) is 2.86. The fourth-order valence-corrected chi connectivity index (χ4v) is 2.27. The van der Waals surface area contributed by atoms with Crippen LogP contribution in [0.1, 0.15) is 10.4 Å². The lowest BCUT2D eigenvalue weighted by molar-refractivity contribution is 0.0696. The summed E-state index contributed by atoms with van der Waals surface area (Å²) in [6.07, 6.45) is 0. The molecular weight excluding hydrogens is 299 g/mol. The van der Waals surface area contributed by atoms with Crippen molar-refractivity contribution in [2.24, 2.45) is 0 Å². The van der Waals surface area contributed by atoms with Crippen molar-refractivity contribution in [1.82, 2.24) is 9.97 Å². The lowest BCUT2D eigenvalue weighted by Gasteiger charge is -2.07.